The van der Waals surface area contributed by atoms with E-state index in [0.717, 1.165) is 16.8 Å². The maximum atomic E-state index is 11.8. The number of hydrogen-bond acceptors (Lipinski definition) is 2. The van der Waals surface area contributed by atoms with Crippen LogP contribution in [-0.4, -0.2) is 15.2 Å². The molecule has 0 aliphatic carbocycles. The number of pyridine rings is 1. The van der Waals surface area contributed by atoms with E-state index in [0.29, 0.717) is 12.8 Å². The smallest absolute Gasteiger partial charge is 0.140 e. The number of carbonyl (C=O) groups excluding carboxylic acids is 1. The van der Waals surface area contributed by atoms with Gasteiger partial charge in [0.25, 0.3) is 0 Å². The van der Waals surface area contributed by atoms with Crippen molar-refractivity contribution in [3.8, 4) is 11.1 Å². The van der Waals surface area contributed by atoms with Crippen LogP contribution < -0.4 is 0 Å². The van der Waals surface area contributed by atoms with Gasteiger partial charge in [-0.15, -0.1) is 0 Å². The molecule has 106 valence electrons. The number of imidazole rings is 1. The molecule has 0 N–H and O–H groups in total. The first-order chi connectivity index (χ1) is 10.2. The quantitative estimate of drug-likeness (QED) is 0.727. The average Bonchev–Trinajstić information content (AvgIpc) is 2.96. The number of aromatic nitrogens is 2. The first-order valence-corrected chi connectivity index (χ1v) is 7.22. The lowest BCUT2D eigenvalue weighted by Crippen LogP contribution is -2.03. The molecule has 1 aromatic carbocycles. The number of aryl methyl sites for hydroxylation is 1. The number of carbonyl (C=O) groups is 1. The van der Waals surface area contributed by atoms with Crippen molar-refractivity contribution in [1.29, 1.82) is 0 Å². The van der Waals surface area contributed by atoms with Crippen molar-refractivity contribution in [2.24, 2.45) is 0 Å². The van der Waals surface area contributed by atoms with Gasteiger partial charge in [0.2, 0.25) is 0 Å². The second-order valence-corrected chi connectivity index (χ2v) is 5.30. The van der Waals surface area contributed by atoms with Gasteiger partial charge < -0.3 is 4.40 Å². The van der Waals surface area contributed by atoms with Crippen molar-refractivity contribution in [2.75, 3.05) is 0 Å². The first-order valence-electron chi connectivity index (χ1n) is 7.22. The molecule has 3 aromatic rings. The monoisotopic (exact) mass is 278 g/mol. The van der Waals surface area contributed by atoms with Crippen LogP contribution in [0, 0.1) is 6.92 Å². The molecular formula is C18H18N2O. The molecule has 3 nitrogen and oxygen atoms in total. The van der Waals surface area contributed by atoms with Gasteiger partial charge in [0.05, 0.1) is 0 Å². The van der Waals surface area contributed by atoms with E-state index < -0.39 is 0 Å². The molecule has 0 saturated heterocycles. The summed E-state index contributed by atoms with van der Waals surface area (Å²) in [6, 6.07) is 10.4. The number of benzene rings is 1. The minimum Gasteiger partial charge on any atom is -0.306 e. The van der Waals surface area contributed by atoms with Crippen LogP contribution in [0.5, 0.6) is 0 Å². The van der Waals surface area contributed by atoms with Gasteiger partial charge in [0, 0.05) is 37.0 Å². The third-order valence-electron chi connectivity index (χ3n) is 3.80. The SMILES string of the molecule is CCC(=O)Cc1cc(-c2ccccc2C)cn2ccnc12. The molecule has 0 aliphatic rings. The highest BCUT2D eigenvalue weighted by atomic mass is 16.1. The molecule has 0 aliphatic heterocycles. The number of nitrogens with zero attached hydrogens (tertiary/aromatic N) is 2. The van der Waals surface area contributed by atoms with Gasteiger partial charge in [-0.1, -0.05) is 31.2 Å². The predicted octanol–water partition coefficient (Wildman–Crippen LogP) is 3.83. The second-order valence-electron chi connectivity index (χ2n) is 5.30. The Labute approximate surface area is 124 Å². The van der Waals surface area contributed by atoms with Crippen molar-refractivity contribution in [3.05, 3.63) is 60.0 Å². The topological polar surface area (TPSA) is 34.4 Å². The van der Waals surface area contributed by atoms with Gasteiger partial charge in [-0.2, -0.15) is 0 Å². The fourth-order valence-electron chi connectivity index (χ4n) is 2.62. The molecule has 0 amide bonds. The number of hydrogen-bond donors (Lipinski definition) is 0. The zero-order valence-electron chi connectivity index (χ0n) is 12.3. The zero-order chi connectivity index (χ0) is 14.8. The highest BCUT2D eigenvalue weighted by Crippen LogP contribution is 2.26. The van der Waals surface area contributed by atoms with Crippen molar-refractivity contribution >= 4 is 11.4 Å². The maximum Gasteiger partial charge on any atom is 0.140 e. The molecule has 0 bridgehead atoms. The van der Waals surface area contributed by atoms with Crippen LogP contribution in [0.1, 0.15) is 24.5 Å². The fourth-order valence-corrected chi connectivity index (χ4v) is 2.62. The van der Waals surface area contributed by atoms with Crippen LogP contribution in [0.3, 0.4) is 0 Å². The van der Waals surface area contributed by atoms with Crippen LogP contribution in [0.4, 0.5) is 0 Å². The molecule has 0 spiro atoms. The molecule has 0 unspecified atom stereocenters. The Bertz CT molecular complexity index is 802. The molecule has 0 fully saturated rings. The molecular weight excluding hydrogens is 260 g/mol. The number of Topliss-reactive ketones (excluding diaryl/α,β-unsaturated/α-hetero) is 1. The van der Waals surface area contributed by atoms with Crippen molar-refractivity contribution in [2.45, 2.75) is 26.7 Å². The lowest BCUT2D eigenvalue weighted by Gasteiger charge is -2.10. The zero-order valence-corrected chi connectivity index (χ0v) is 12.3. The van der Waals surface area contributed by atoms with E-state index in [9.17, 15) is 4.79 Å². The summed E-state index contributed by atoms with van der Waals surface area (Å²) in [7, 11) is 0. The molecule has 2 heterocycles. The van der Waals surface area contributed by atoms with E-state index in [1.54, 1.807) is 6.20 Å². The summed E-state index contributed by atoms with van der Waals surface area (Å²) in [5.74, 6) is 0.238. The first kappa shape index (κ1) is 13.6. The maximum absolute atomic E-state index is 11.8. The van der Waals surface area contributed by atoms with Gasteiger partial charge in [0.15, 0.2) is 0 Å². The van der Waals surface area contributed by atoms with Gasteiger partial charge >= 0.3 is 0 Å². The summed E-state index contributed by atoms with van der Waals surface area (Å²) in [6.45, 7) is 4.00. The van der Waals surface area contributed by atoms with E-state index in [-0.39, 0.29) is 5.78 Å². The standard InChI is InChI=1S/C18H18N2O/c1-3-16(21)11-14-10-15(12-20-9-8-19-18(14)20)17-7-5-4-6-13(17)2/h4-10,12H,3,11H2,1-2H3. The highest BCUT2D eigenvalue weighted by Gasteiger charge is 2.11. The summed E-state index contributed by atoms with van der Waals surface area (Å²) in [4.78, 5) is 16.2. The van der Waals surface area contributed by atoms with Crippen LogP contribution in [0.25, 0.3) is 16.8 Å². The Morgan fingerprint density at radius 2 is 2.10 bits per heavy atom. The van der Waals surface area contributed by atoms with E-state index in [4.69, 9.17) is 0 Å². The Morgan fingerprint density at radius 1 is 1.29 bits per heavy atom. The predicted molar refractivity (Wildman–Crippen MR) is 84.4 cm³/mol. The van der Waals surface area contributed by atoms with Gasteiger partial charge in [-0.05, 0) is 29.7 Å². The third-order valence-corrected chi connectivity index (χ3v) is 3.80. The molecule has 0 atom stereocenters. The number of rotatable bonds is 4. The van der Waals surface area contributed by atoms with Crippen molar-refractivity contribution in [3.63, 3.8) is 0 Å². The highest BCUT2D eigenvalue weighted by molar-refractivity contribution is 5.83. The normalized spacial score (nSPS) is 11.0. The third kappa shape index (κ3) is 2.59. The van der Waals surface area contributed by atoms with Crippen LogP contribution in [-0.2, 0) is 11.2 Å². The van der Waals surface area contributed by atoms with Gasteiger partial charge in [0.1, 0.15) is 11.4 Å². The Balaban J connectivity index is 2.16. The lowest BCUT2D eigenvalue weighted by atomic mass is 9.99. The van der Waals surface area contributed by atoms with Crippen LogP contribution >= 0.6 is 0 Å². The Morgan fingerprint density at radius 3 is 2.86 bits per heavy atom. The second kappa shape index (κ2) is 5.52. The van der Waals surface area contributed by atoms with Crippen molar-refractivity contribution in [1.82, 2.24) is 9.38 Å². The Hall–Kier alpha value is -2.42. The average molecular weight is 278 g/mol. The molecule has 2 aromatic heterocycles. The van der Waals surface area contributed by atoms with Gasteiger partial charge in [-0.3, -0.25) is 4.79 Å². The van der Waals surface area contributed by atoms with Crippen LogP contribution in [0.2, 0.25) is 0 Å². The largest absolute Gasteiger partial charge is 0.306 e. The molecule has 3 heteroatoms. The summed E-state index contributed by atoms with van der Waals surface area (Å²) in [5, 5.41) is 0. The number of fused-ring (bicyclic) bond motifs is 1. The fraction of sp³-hybridized carbons (Fsp3) is 0.222. The van der Waals surface area contributed by atoms with E-state index >= 15 is 0 Å². The summed E-state index contributed by atoms with van der Waals surface area (Å²) in [5.41, 5.74) is 5.40. The summed E-state index contributed by atoms with van der Waals surface area (Å²) >= 11 is 0. The molecule has 0 saturated carbocycles. The minimum atomic E-state index is 0.238. The molecule has 0 radical (unpaired) electrons. The summed E-state index contributed by atoms with van der Waals surface area (Å²) < 4.78 is 2.00. The van der Waals surface area contributed by atoms with E-state index in [2.05, 4.69) is 36.3 Å². The van der Waals surface area contributed by atoms with Crippen molar-refractivity contribution < 1.29 is 4.79 Å². The summed E-state index contributed by atoms with van der Waals surface area (Å²) in [6.07, 6.45) is 6.77. The minimum absolute atomic E-state index is 0.238. The lowest BCUT2D eigenvalue weighted by molar-refractivity contribution is -0.118. The Kier molecular flexibility index (Phi) is 3.57. The number of ketones is 1. The molecule has 21 heavy (non-hydrogen) atoms. The van der Waals surface area contributed by atoms with Gasteiger partial charge in [-0.25, -0.2) is 4.98 Å². The van der Waals surface area contributed by atoms with E-state index in [1.807, 2.05) is 29.7 Å². The molecule has 3 rings (SSSR count). The van der Waals surface area contributed by atoms with Crippen LogP contribution in [0.15, 0.2) is 48.9 Å². The van der Waals surface area contributed by atoms with E-state index in [1.165, 1.54) is 11.1 Å².